The molecule has 0 aromatic rings. The first-order valence-corrected chi connectivity index (χ1v) is 5.92. The summed E-state index contributed by atoms with van der Waals surface area (Å²) in [7, 11) is 1.94. The van der Waals surface area contributed by atoms with Crippen LogP contribution in [0.25, 0.3) is 0 Å². The molecule has 1 rings (SSSR count). The van der Waals surface area contributed by atoms with Crippen molar-refractivity contribution >= 4 is 5.91 Å². The molecule has 1 heterocycles. The van der Waals surface area contributed by atoms with E-state index < -0.39 is 0 Å². The van der Waals surface area contributed by atoms with Crippen molar-refractivity contribution in [1.82, 2.24) is 15.1 Å². The molecule has 92 valence electrons. The monoisotopic (exact) mass is 225 g/mol. The summed E-state index contributed by atoms with van der Waals surface area (Å²) in [5.74, 6) is 0.191. The summed E-state index contributed by atoms with van der Waals surface area (Å²) in [6.45, 7) is 11.3. The van der Waals surface area contributed by atoms with Crippen molar-refractivity contribution in [2.75, 3.05) is 46.3 Å². The molecule has 1 aliphatic heterocycles. The van der Waals surface area contributed by atoms with Crippen molar-refractivity contribution in [2.24, 2.45) is 0 Å². The summed E-state index contributed by atoms with van der Waals surface area (Å²) in [5.41, 5.74) is 1.21. The Balaban J connectivity index is 2.35. The zero-order chi connectivity index (χ0) is 12.0. The molecule has 0 unspecified atom stereocenters. The van der Waals surface area contributed by atoms with Gasteiger partial charge in [0, 0.05) is 46.2 Å². The Morgan fingerprint density at radius 3 is 2.69 bits per heavy atom. The highest BCUT2D eigenvalue weighted by molar-refractivity contribution is 5.73. The first-order valence-electron chi connectivity index (χ1n) is 5.92. The third-order valence-corrected chi connectivity index (χ3v) is 2.91. The van der Waals surface area contributed by atoms with Crippen LogP contribution in [0.15, 0.2) is 12.2 Å². The molecule has 1 fully saturated rings. The maximum absolute atomic E-state index is 11.3. The average molecular weight is 225 g/mol. The molecule has 0 aromatic heterocycles. The molecule has 0 spiro atoms. The number of nitrogens with one attached hydrogen (secondary N) is 1. The third-order valence-electron chi connectivity index (χ3n) is 2.91. The molecular weight excluding hydrogens is 202 g/mol. The molecule has 1 amide bonds. The van der Waals surface area contributed by atoms with Crippen molar-refractivity contribution in [3.05, 3.63) is 12.2 Å². The van der Waals surface area contributed by atoms with Crippen LogP contribution in [0, 0.1) is 0 Å². The fourth-order valence-corrected chi connectivity index (χ4v) is 2.07. The SMILES string of the molecule is C=C(CNC)CN1CCCN(C(C)=O)CC1. The van der Waals surface area contributed by atoms with Gasteiger partial charge < -0.3 is 10.2 Å². The zero-order valence-electron chi connectivity index (χ0n) is 10.5. The zero-order valence-corrected chi connectivity index (χ0v) is 10.5. The topological polar surface area (TPSA) is 35.6 Å². The van der Waals surface area contributed by atoms with E-state index in [1.165, 1.54) is 5.57 Å². The standard InChI is InChI=1S/C12H23N3O/c1-11(9-13-3)10-14-5-4-6-15(8-7-14)12(2)16/h13H,1,4-10H2,2-3H3. The molecule has 0 aliphatic carbocycles. The van der Waals surface area contributed by atoms with Gasteiger partial charge >= 0.3 is 0 Å². The van der Waals surface area contributed by atoms with Crippen molar-refractivity contribution < 1.29 is 4.79 Å². The number of rotatable bonds is 4. The quantitative estimate of drug-likeness (QED) is 0.700. The van der Waals surface area contributed by atoms with Gasteiger partial charge in [0.15, 0.2) is 0 Å². The molecular formula is C12H23N3O. The lowest BCUT2D eigenvalue weighted by Gasteiger charge is -2.21. The number of hydrogen-bond donors (Lipinski definition) is 1. The molecule has 0 atom stereocenters. The smallest absolute Gasteiger partial charge is 0.219 e. The maximum atomic E-state index is 11.3. The number of carbonyl (C=O) groups excluding carboxylic acids is 1. The second-order valence-electron chi connectivity index (χ2n) is 4.42. The van der Waals surface area contributed by atoms with Gasteiger partial charge in [-0.2, -0.15) is 0 Å². The van der Waals surface area contributed by atoms with Gasteiger partial charge in [-0.05, 0) is 19.0 Å². The second-order valence-corrected chi connectivity index (χ2v) is 4.42. The van der Waals surface area contributed by atoms with Gasteiger partial charge in [-0.3, -0.25) is 9.69 Å². The predicted molar refractivity (Wildman–Crippen MR) is 66.4 cm³/mol. The Bertz CT molecular complexity index is 253. The van der Waals surface area contributed by atoms with E-state index in [4.69, 9.17) is 0 Å². The van der Waals surface area contributed by atoms with E-state index in [2.05, 4.69) is 16.8 Å². The number of carbonyl (C=O) groups is 1. The van der Waals surface area contributed by atoms with Crippen molar-refractivity contribution in [1.29, 1.82) is 0 Å². The fourth-order valence-electron chi connectivity index (χ4n) is 2.07. The van der Waals surface area contributed by atoms with Crippen LogP contribution in [0.1, 0.15) is 13.3 Å². The summed E-state index contributed by atoms with van der Waals surface area (Å²) in [6.07, 6.45) is 1.06. The van der Waals surface area contributed by atoms with Gasteiger partial charge in [-0.25, -0.2) is 0 Å². The van der Waals surface area contributed by atoms with Gasteiger partial charge in [-0.1, -0.05) is 6.58 Å². The first kappa shape index (κ1) is 13.2. The number of hydrogen-bond acceptors (Lipinski definition) is 3. The molecule has 0 saturated carbocycles. The molecule has 1 saturated heterocycles. The Hall–Kier alpha value is -0.870. The van der Waals surface area contributed by atoms with Crippen molar-refractivity contribution in [3.8, 4) is 0 Å². The lowest BCUT2D eigenvalue weighted by molar-refractivity contribution is -0.128. The molecule has 1 N–H and O–H groups in total. The Labute approximate surface area is 98.3 Å². The minimum absolute atomic E-state index is 0.191. The van der Waals surface area contributed by atoms with E-state index in [1.54, 1.807) is 6.92 Å². The normalized spacial score (nSPS) is 18.2. The van der Waals surface area contributed by atoms with Crippen LogP contribution in [0.4, 0.5) is 0 Å². The third kappa shape index (κ3) is 4.33. The van der Waals surface area contributed by atoms with Gasteiger partial charge in [0.25, 0.3) is 0 Å². The summed E-state index contributed by atoms with van der Waals surface area (Å²) >= 11 is 0. The number of amides is 1. The van der Waals surface area contributed by atoms with E-state index in [1.807, 2.05) is 11.9 Å². The lowest BCUT2D eigenvalue weighted by Crippen LogP contribution is -2.34. The van der Waals surface area contributed by atoms with E-state index in [0.29, 0.717) is 0 Å². The molecule has 0 bridgehead atoms. The average Bonchev–Trinajstić information content (AvgIpc) is 2.43. The van der Waals surface area contributed by atoms with E-state index in [9.17, 15) is 4.79 Å². The molecule has 0 radical (unpaired) electrons. The second kappa shape index (κ2) is 6.66. The molecule has 16 heavy (non-hydrogen) atoms. The van der Waals surface area contributed by atoms with Crippen LogP contribution in [-0.2, 0) is 4.79 Å². The summed E-state index contributed by atoms with van der Waals surface area (Å²) < 4.78 is 0. The maximum Gasteiger partial charge on any atom is 0.219 e. The minimum Gasteiger partial charge on any atom is -0.342 e. The first-order chi connectivity index (χ1) is 7.63. The summed E-state index contributed by atoms with van der Waals surface area (Å²) in [6, 6.07) is 0. The van der Waals surface area contributed by atoms with E-state index in [-0.39, 0.29) is 5.91 Å². The molecule has 0 aromatic carbocycles. The van der Waals surface area contributed by atoms with Crippen molar-refractivity contribution in [2.45, 2.75) is 13.3 Å². The van der Waals surface area contributed by atoms with Gasteiger partial charge in [0.05, 0.1) is 0 Å². The molecule has 4 heteroatoms. The minimum atomic E-state index is 0.191. The van der Waals surface area contributed by atoms with Crippen LogP contribution >= 0.6 is 0 Å². The highest BCUT2D eigenvalue weighted by Crippen LogP contribution is 2.05. The summed E-state index contributed by atoms with van der Waals surface area (Å²) in [4.78, 5) is 15.6. The lowest BCUT2D eigenvalue weighted by atomic mass is 10.2. The number of likely N-dealkylation sites (N-methyl/N-ethyl adjacent to an activating group) is 1. The van der Waals surface area contributed by atoms with Crippen molar-refractivity contribution in [3.63, 3.8) is 0 Å². The van der Waals surface area contributed by atoms with Crippen LogP contribution < -0.4 is 5.32 Å². The highest BCUT2D eigenvalue weighted by atomic mass is 16.2. The number of nitrogens with zero attached hydrogens (tertiary/aromatic N) is 2. The van der Waals surface area contributed by atoms with Gasteiger partial charge in [0.2, 0.25) is 5.91 Å². The van der Waals surface area contributed by atoms with E-state index >= 15 is 0 Å². The summed E-state index contributed by atoms with van der Waals surface area (Å²) in [5, 5.41) is 3.11. The van der Waals surface area contributed by atoms with Gasteiger partial charge in [-0.15, -0.1) is 0 Å². The Kier molecular flexibility index (Phi) is 5.49. The van der Waals surface area contributed by atoms with Crippen LogP contribution in [-0.4, -0.2) is 62.0 Å². The van der Waals surface area contributed by atoms with Crippen LogP contribution in [0.3, 0.4) is 0 Å². The predicted octanol–water partition coefficient (Wildman–Crippen LogP) is 0.316. The Morgan fingerprint density at radius 1 is 1.31 bits per heavy atom. The molecule has 1 aliphatic rings. The molecule has 4 nitrogen and oxygen atoms in total. The van der Waals surface area contributed by atoms with Gasteiger partial charge in [0.1, 0.15) is 0 Å². The Morgan fingerprint density at radius 2 is 2.06 bits per heavy atom. The van der Waals surface area contributed by atoms with Crippen LogP contribution in [0.5, 0.6) is 0 Å². The van der Waals surface area contributed by atoms with Crippen LogP contribution in [0.2, 0.25) is 0 Å². The highest BCUT2D eigenvalue weighted by Gasteiger charge is 2.16. The van der Waals surface area contributed by atoms with E-state index in [0.717, 1.165) is 45.7 Å². The largest absolute Gasteiger partial charge is 0.342 e. The fraction of sp³-hybridized carbons (Fsp3) is 0.750.